The van der Waals surface area contributed by atoms with Crippen LogP contribution in [-0.4, -0.2) is 34.3 Å². The van der Waals surface area contributed by atoms with Gasteiger partial charge in [-0.1, -0.05) is 0 Å². The smallest absolute Gasteiger partial charge is 0.0772 e. The Morgan fingerprint density at radius 3 is 2.82 bits per heavy atom. The summed E-state index contributed by atoms with van der Waals surface area (Å²) in [5.74, 6) is -0.0202. The summed E-state index contributed by atoms with van der Waals surface area (Å²) in [7, 11) is 0. The van der Waals surface area contributed by atoms with Gasteiger partial charge in [-0.3, -0.25) is 9.58 Å². The molecule has 5 nitrogen and oxygen atoms in total. The summed E-state index contributed by atoms with van der Waals surface area (Å²) >= 11 is 0. The molecule has 0 N–H and O–H groups in total. The van der Waals surface area contributed by atoms with Crippen LogP contribution in [0.15, 0.2) is 18.5 Å². The number of nitriles is 2. The van der Waals surface area contributed by atoms with Crippen LogP contribution in [0.1, 0.15) is 18.9 Å². The lowest BCUT2D eigenvalue weighted by atomic mass is 10.0. The van der Waals surface area contributed by atoms with Gasteiger partial charge in [-0.05, 0) is 12.5 Å². The van der Waals surface area contributed by atoms with Gasteiger partial charge >= 0.3 is 0 Å². The molecule has 88 valence electrons. The van der Waals surface area contributed by atoms with Crippen LogP contribution in [0, 0.1) is 28.6 Å². The van der Waals surface area contributed by atoms with Crippen LogP contribution in [0.25, 0.3) is 0 Å². The fourth-order valence-electron chi connectivity index (χ4n) is 2.10. The second kappa shape index (κ2) is 5.47. The number of hydrogen-bond acceptors (Lipinski definition) is 4. The van der Waals surface area contributed by atoms with E-state index < -0.39 is 0 Å². The first-order chi connectivity index (χ1) is 8.33. The summed E-state index contributed by atoms with van der Waals surface area (Å²) in [5.41, 5.74) is 0. The quantitative estimate of drug-likeness (QED) is 0.760. The third kappa shape index (κ3) is 2.83. The van der Waals surface area contributed by atoms with Gasteiger partial charge in [0.25, 0.3) is 0 Å². The Balaban J connectivity index is 1.73. The van der Waals surface area contributed by atoms with Crippen molar-refractivity contribution in [2.75, 3.05) is 19.6 Å². The lowest BCUT2D eigenvalue weighted by Gasteiger charge is -2.40. The van der Waals surface area contributed by atoms with Crippen LogP contribution in [0.2, 0.25) is 0 Å². The molecule has 2 rings (SSSR count). The Hall–Kier alpha value is -1.85. The summed E-state index contributed by atoms with van der Waals surface area (Å²) < 4.78 is 1.97. The van der Waals surface area contributed by atoms with Crippen molar-refractivity contribution in [3.05, 3.63) is 18.5 Å². The average Bonchev–Trinajstić information content (AvgIpc) is 2.80. The minimum absolute atomic E-state index is 0.0202. The lowest BCUT2D eigenvalue weighted by molar-refractivity contribution is 0.0873. The minimum Gasteiger partial charge on any atom is -0.298 e. The van der Waals surface area contributed by atoms with Crippen LogP contribution in [0.4, 0.5) is 0 Å². The molecule has 0 saturated carbocycles. The predicted molar refractivity (Wildman–Crippen MR) is 61.7 cm³/mol. The maximum absolute atomic E-state index is 8.97. The van der Waals surface area contributed by atoms with Crippen molar-refractivity contribution in [2.45, 2.75) is 18.9 Å². The molecular weight excluding hydrogens is 214 g/mol. The number of aromatic nitrogens is 2. The second-order valence-electron chi connectivity index (χ2n) is 4.38. The van der Waals surface area contributed by atoms with Crippen molar-refractivity contribution in [2.24, 2.45) is 5.92 Å². The summed E-state index contributed by atoms with van der Waals surface area (Å²) in [6.45, 7) is 2.68. The third-order valence-electron chi connectivity index (χ3n) is 3.10. The molecule has 0 bridgehead atoms. The first-order valence-electron chi connectivity index (χ1n) is 5.81. The molecule has 0 aromatic carbocycles. The molecule has 2 heterocycles. The van der Waals surface area contributed by atoms with Crippen LogP contribution in [0.5, 0.6) is 0 Å². The SMILES string of the molecule is N#CCC[C@H](C#N)CN1CC(n2cccn2)C1. The zero-order chi connectivity index (χ0) is 12.1. The first kappa shape index (κ1) is 11.6. The first-order valence-corrected chi connectivity index (χ1v) is 5.81. The Kier molecular flexibility index (Phi) is 3.74. The van der Waals surface area contributed by atoms with Crippen molar-refractivity contribution >= 4 is 0 Å². The van der Waals surface area contributed by atoms with E-state index in [1.807, 2.05) is 16.9 Å². The maximum Gasteiger partial charge on any atom is 0.0772 e. The molecule has 1 atom stereocenters. The van der Waals surface area contributed by atoms with Gasteiger partial charge < -0.3 is 0 Å². The van der Waals surface area contributed by atoms with Crippen LogP contribution in [0.3, 0.4) is 0 Å². The van der Waals surface area contributed by atoms with Gasteiger partial charge in [0.1, 0.15) is 0 Å². The highest BCUT2D eigenvalue weighted by atomic mass is 15.4. The zero-order valence-corrected chi connectivity index (χ0v) is 9.66. The van der Waals surface area contributed by atoms with E-state index in [9.17, 15) is 0 Å². The summed E-state index contributed by atoms with van der Waals surface area (Å²) in [6, 6.07) is 6.73. The number of nitrogens with zero attached hydrogens (tertiary/aromatic N) is 5. The molecule has 0 unspecified atom stereocenters. The molecule has 1 aromatic heterocycles. The number of rotatable bonds is 5. The van der Waals surface area contributed by atoms with E-state index in [1.165, 1.54) is 0 Å². The molecule has 1 saturated heterocycles. The van der Waals surface area contributed by atoms with Crippen LogP contribution < -0.4 is 0 Å². The molecule has 0 radical (unpaired) electrons. The van der Waals surface area contributed by atoms with Crippen molar-refractivity contribution in [1.82, 2.24) is 14.7 Å². The third-order valence-corrected chi connectivity index (χ3v) is 3.10. The van der Waals surface area contributed by atoms with Gasteiger partial charge in [0.05, 0.1) is 24.1 Å². The summed E-state index contributed by atoms with van der Waals surface area (Å²) in [5, 5.41) is 21.7. The standard InChI is InChI=1S/C12H15N5/c13-4-1-3-11(7-14)8-16-9-12(10-16)17-6-2-5-15-17/h2,5-6,11-12H,1,3,8-10H2/t11-/m1/s1. The minimum atomic E-state index is -0.0202. The van der Waals surface area contributed by atoms with Gasteiger partial charge in [0.15, 0.2) is 0 Å². The van der Waals surface area contributed by atoms with E-state index in [2.05, 4.69) is 22.1 Å². The summed E-state index contributed by atoms with van der Waals surface area (Å²) in [4.78, 5) is 2.25. The van der Waals surface area contributed by atoms with Gasteiger partial charge in [0, 0.05) is 38.4 Å². The van der Waals surface area contributed by atoms with Crippen molar-refractivity contribution in [1.29, 1.82) is 10.5 Å². The van der Waals surface area contributed by atoms with E-state index >= 15 is 0 Å². The highest BCUT2D eigenvalue weighted by Crippen LogP contribution is 2.22. The van der Waals surface area contributed by atoms with Crippen molar-refractivity contribution in [3.8, 4) is 12.1 Å². The Morgan fingerprint density at radius 1 is 1.41 bits per heavy atom. The second-order valence-corrected chi connectivity index (χ2v) is 4.38. The van der Waals surface area contributed by atoms with E-state index in [0.717, 1.165) is 19.6 Å². The topological polar surface area (TPSA) is 68.6 Å². The number of hydrogen-bond donors (Lipinski definition) is 0. The highest BCUT2D eigenvalue weighted by Gasteiger charge is 2.29. The largest absolute Gasteiger partial charge is 0.298 e. The van der Waals surface area contributed by atoms with Crippen molar-refractivity contribution in [3.63, 3.8) is 0 Å². The summed E-state index contributed by atoms with van der Waals surface area (Å²) in [6.07, 6.45) is 4.90. The predicted octanol–water partition coefficient (Wildman–Crippen LogP) is 1.18. The highest BCUT2D eigenvalue weighted by molar-refractivity contribution is 4.94. The molecule has 1 aromatic rings. The Bertz CT molecular complexity index is 419. The average molecular weight is 229 g/mol. The zero-order valence-electron chi connectivity index (χ0n) is 9.66. The molecule has 5 heteroatoms. The Labute approximate surface area is 101 Å². The normalized spacial score (nSPS) is 18.0. The van der Waals surface area contributed by atoms with Gasteiger partial charge in [0.2, 0.25) is 0 Å². The molecule has 0 aliphatic carbocycles. The molecule has 1 aliphatic rings. The van der Waals surface area contributed by atoms with E-state index in [1.54, 1.807) is 6.20 Å². The molecular formula is C12H15N5. The Morgan fingerprint density at radius 2 is 2.24 bits per heavy atom. The fourth-order valence-corrected chi connectivity index (χ4v) is 2.10. The monoisotopic (exact) mass is 229 g/mol. The molecule has 0 amide bonds. The molecule has 17 heavy (non-hydrogen) atoms. The molecule has 1 fully saturated rings. The van der Waals surface area contributed by atoms with E-state index in [-0.39, 0.29) is 5.92 Å². The lowest BCUT2D eigenvalue weighted by Crippen LogP contribution is -2.49. The fraction of sp³-hybridized carbons (Fsp3) is 0.583. The van der Waals surface area contributed by atoms with E-state index in [0.29, 0.717) is 18.9 Å². The van der Waals surface area contributed by atoms with Crippen LogP contribution >= 0.6 is 0 Å². The molecule has 0 spiro atoms. The van der Waals surface area contributed by atoms with Gasteiger partial charge in [-0.15, -0.1) is 0 Å². The van der Waals surface area contributed by atoms with Gasteiger partial charge in [-0.2, -0.15) is 15.6 Å². The van der Waals surface area contributed by atoms with Crippen molar-refractivity contribution < 1.29 is 0 Å². The van der Waals surface area contributed by atoms with Gasteiger partial charge in [-0.25, -0.2) is 0 Å². The van der Waals surface area contributed by atoms with Crippen LogP contribution in [-0.2, 0) is 0 Å². The molecule has 1 aliphatic heterocycles. The van der Waals surface area contributed by atoms with E-state index in [4.69, 9.17) is 10.5 Å². The maximum atomic E-state index is 8.97. The number of likely N-dealkylation sites (tertiary alicyclic amines) is 1.